The second-order valence-corrected chi connectivity index (χ2v) is 8.67. The summed E-state index contributed by atoms with van der Waals surface area (Å²) in [7, 11) is -3.61. The van der Waals surface area contributed by atoms with Gasteiger partial charge >= 0.3 is 6.09 Å². The monoisotopic (exact) mass is 358 g/mol. The van der Waals surface area contributed by atoms with E-state index in [1.807, 2.05) is 0 Å². The molecule has 134 valence electrons. The fraction of sp³-hybridized carbons (Fsp3) is 0.562. The lowest BCUT2D eigenvalue weighted by Gasteiger charge is -2.24. The van der Waals surface area contributed by atoms with E-state index in [1.165, 1.54) is 23.1 Å². The number of nitrogens with one attached hydrogen (secondary N) is 1. The number of nitrogens with zero attached hydrogens (tertiary/aromatic N) is 1. The molecule has 0 spiro atoms. The summed E-state index contributed by atoms with van der Waals surface area (Å²) in [5.74, 6) is -0.770. The van der Waals surface area contributed by atoms with Crippen LogP contribution in [0.25, 0.3) is 0 Å². The van der Waals surface area contributed by atoms with E-state index in [4.69, 9.17) is 4.74 Å². The maximum atomic E-state index is 13.1. The largest absolute Gasteiger partial charge is 0.444 e. The number of benzene rings is 1. The van der Waals surface area contributed by atoms with Crippen molar-refractivity contribution < 1.29 is 22.3 Å². The average molecular weight is 358 g/mol. The van der Waals surface area contributed by atoms with Gasteiger partial charge in [0.25, 0.3) is 0 Å². The number of hydrogen-bond acceptors (Lipinski definition) is 4. The molecule has 1 aliphatic rings. The van der Waals surface area contributed by atoms with Crippen LogP contribution in [0.3, 0.4) is 0 Å². The minimum atomic E-state index is -3.61. The summed E-state index contributed by atoms with van der Waals surface area (Å²) in [4.78, 5) is 13.5. The zero-order chi connectivity index (χ0) is 18.0. The van der Waals surface area contributed by atoms with Gasteiger partial charge in [0.1, 0.15) is 11.4 Å². The number of hydrogen-bond donors (Lipinski definition) is 1. The molecule has 1 heterocycles. The zero-order valence-electron chi connectivity index (χ0n) is 14.1. The summed E-state index contributed by atoms with van der Waals surface area (Å²) < 4.78 is 45.4. The molecule has 1 saturated heterocycles. The Morgan fingerprint density at radius 1 is 1.42 bits per heavy atom. The van der Waals surface area contributed by atoms with Gasteiger partial charge in [-0.05, 0) is 44.9 Å². The molecule has 6 nitrogen and oxygen atoms in total. The van der Waals surface area contributed by atoms with E-state index in [0.29, 0.717) is 18.5 Å². The number of carbonyl (C=O) groups excluding carboxylic acids is 1. The first-order valence-corrected chi connectivity index (χ1v) is 9.42. The van der Waals surface area contributed by atoms with E-state index in [0.717, 1.165) is 0 Å². The van der Waals surface area contributed by atoms with Crippen LogP contribution in [0, 0.1) is 5.82 Å². The van der Waals surface area contributed by atoms with E-state index in [-0.39, 0.29) is 18.3 Å². The Morgan fingerprint density at radius 3 is 2.75 bits per heavy atom. The van der Waals surface area contributed by atoms with Crippen molar-refractivity contribution in [2.75, 3.05) is 13.1 Å². The van der Waals surface area contributed by atoms with Crippen LogP contribution in [0.5, 0.6) is 0 Å². The van der Waals surface area contributed by atoms with Gasteiger partial charge in [-0.15, -0.1) is 0 Å². The molecule has 1 fully saturated rings. The van der Waals surface area contributed by atoms with Crippen LogP contribution < -0.4 is 4.72 Å². The van der Waals surface area contributed by atoms with Crippen molar-refractivity contribution in [3.63, 3.8) is 0 Å². The Morgan fingerprint density at radius 2 is 2.12 bits per heavy atom. The van der Waals surface area contributed by atoms with E-state index >= 15 is 0 Å². The highest BCUT2D eigenvalue weighted by Crippen LogP contribution is 2.16. The minimum absolute atomic E-state index is 0.261. The first-order chi connectivity index (χ1) is 11.0. The Hall–Kier alpha value is -1.67. The molecule has 1 amide bonds. The predicted molar refractivity (Wildman–Crippen MR) is 88.4 cm³/mol. The van der Waals surface area contributed by atoms with Gasteiger partial charge in [0, 0.05) is 19.1 Å². The van der Waals surface area contributed by atoms with E-state index in [2.05, 4.69) is 4.72 Å². The molecule has 1 unspecified atom stereocenters. The topological polar surface area (TPSA) is 75.7 Å². The van der Waals surface area contributed by atoms with Crippen LogP contribution in [0.1, 0.15) is 32.8 Å². The van der Waals surface area contributed by atoms with Crippen molar-refractivity contribution >= 4 is 16.1 Å². The van der Waals surface area contributed by atoms with Crippen molar-refractivity contribution in [1.29, 1.82) is 0 Å². The molecule has 1 aromatic rings. The number of ether oxygens (including phenoxy) is 1. The maximum absolute atomic E-state index is 13.1. The Kier molecular flexibility index (Phi) is 5.49. The first kappa shape index (κ1) is 18.7. The molecule has 0 radical (unpaired) electrons. The molecule has 0 aliphatic carbocycles. The van der Waals surface area contributed by atoms with Crippen molar-refractivity contribution in [1.82, 2.24) is 9.62 Å². The number of halogens is 1. The molecule has 1 aliphatic heterocycles. The third-order valence-electron chi connectivity index (χ3n) is 3.43. The summed E-state index contributed by atoms with van der Waals surface area (Å²) in [6.45, 7) is 6.03. The minimum Gasteiger partial charge on any atom is -0.444 e. The van der Waals surface area contributed by atoms with E-state index in [1.54, 1.807) is 26.8 Å². The van der Waals surface area contributed by atoms with E-state index < -0.39 is 27.5 Å². The highest BCUT2D eigenvalue weighted by atomic mass is 32.2. The fourth-order valence-electron chi connectivity index (χ4n) is 2.49. The summed E-state index contributed by atoms with van der Waals surface area (Å²) in [5.41, 5.74) is -0.212. The summed E-state index contributed by atoms with van der Waals surface area (Å²) in [6.07, 6.45) is 0.0658. The molecule has 0 bridgehead atoms. The van der Waals surface area contributed by atoms with Crippen LogP contribution in [-0.4, -0.2) is 44.1 Å². The van der Waals surface area contributed by atoms with Gasteiger partial charge in [0.2, 0.25) is 10.0 Å². The number of carbonyl (C=O) groups is 1. The molecule has 1 N–H and O–H groups in total. The molecule has 1 aromatic carbocycles. The molecule has 8 heteroatoms. The smallest absolute Gasteiger partial charge is 0.410 e. The highest BCUT2D eigenvalue weighted by molar-refractivity contribution is 7.88. The summed E-state index contributed by atoms with van der Waals surface area (Å²) in [5, 5.41) is 0. The Labute approximate surface area is 142 Å². The van der Waals surface area contributed by atoms with Gasteiger partial charge in [-0.1, -0.05) is 12.1 Å². The van der Waals surface area contributed by atoms with Gasteiger partial charge in [-0.3, -0.25) is 0 Å². The molecule has 0 aromatic heterocycles. The number of sulfonamides is 1. The van der Waals surface area contributed by atoms with Crippen LogP contribution >= 0.6 is 0 Å². The molecule has 1 atom stereocenters. The highest BCUT2D eigenvalue weighted by Gasteiger charge is 2.31. The number of amides is 1. The number of likely N-dealkylation sites (tertiary alicyclic amines) is 1. The molecular weight excluding hydrogens is 335 g/mol. The Balaban J connectivity index is 1.91. The zero-order valence-corrected chi connectivity index (χ0v) is 14.9. The van der Waals surface area contributed by atoms with Gasteiger partial charge < -0.3 is 9.64 Å². The quantitative estimate of drug-likeness (QED) is 0.896. The third-order valence-corrected chi connectivity index (χ3v) is 4.84. The average Bonchev–Trinajstić information content (AvgIpc) is 2.83. The second kappa shape index (κ2) is 7.06. The second-order valence-electron chi connectivity index (χ2n) is 6.92. The fourth-order valence-corrected chi connectivity index (χ4v) is 3.89. The SMILES string of the molecule is CC(C)(C)OC(=O)N1CCC(NS(=O)(=O)Cc2cccc(F)c2)C1. The lowest BCUT2D eigenvalue weighted by Crippen LogP contribution is -2.40. The third kappa shape index (κ3) is 5.76. The van der Waals surface area contributed by atoms with E-state index in [9.17, 15) is 17.6 Å². The molecule has 24 heavy (non-hydrogen) atoms. The van der Waals surface area contributed by atoms with Gasteiger partial charge in [0.15, 0.2) is 0 Å². The van der Waals surface area contributed by atoms with Crippen LogP contribution in [-0.2, 0) is 20.5 Å². The maximum Gasteiger partial charge on any atom is 0.410 e. The normalized spacial score (nSPS) is 18.7. The predicted octanol–water partition coefficient (Wildman–Crippen LogP) is 2.25. The van der Waals surface area contributed by atoms with Crippen LogP contribution in [0.4, 0.5) is 9.18 Å². The van der Waals surface area contributed by atoms with Crippen LogP contribution in [0.15, 0.2) is 24.3 Å². The van der Waals surface area contributed by atoms with Gasteiger partial charge in [-0.25, -0.2) is 22.3 Å². The van der Waals surface area contributed by atoms with Crippen molar-refractivity contribution in [2.45, 2.75) is 44.6 Å². The van der Waals surface area contributed by atoms with Gasteiger partial charge in [0.05, 0.1) is 5.75 Å². The lowest BCUT2D eigenvalue weighted by molar-refractivity contribution is 0.0292. The van der Waals surface area contributed by atoms with Crippen molar-refractivity contribution in [3.05, 3.63) is 35.6 Å². The molecule has 2 rings (SSSR count). The van der Waals surface area contributed by atoms with Crippen molar-refractivity contribution in [3.8, 4) is 0 Å². The Bertz CT molecular complexity index is 700. The summed E-state index contributed by atoms with van der Waals surface area (Å²) >= 11 is 0. The molecular formula is C16H23FN2O4S. The lowest BCUT2D eigenvalue weighted by atomic mass is 10.2. The van der Waals surface area contributed by atoms with Crippen molar-refractivity contribution in [2.24, 2.45) is 0 Å². The first-order valence-electron chi connectivity index (χ1n) is 7.76. The van der Waals surface area contributed by atoms with Crippen LogP contribution in [0.2, 0.25) is 0 Å². The number of rotatable bonds is 4. The van der Waals surface area contributed by atoms with Gasteiger partial charge in [-0.2, -0.15) is 0 Å². The standard InChI is InChI=1S/C16H23FN2O4S/c1-16(2,3)23-15(20)19-8-7-14(10-19)18-24(21,22)11-12-5-4-6-13(17)9-12/h4-6,9,14,18H,7-8,10-11H2,1-3H3. The molecule has 0 saturated carbocycles. The summed E-state index contributed by atoms with van der Waals surface area (Å²) in [6, 6.07) is 5.13.